The molecular weight excluding hydrogens is 516 g/mol. The van der Waals surface area contributed by atoms with Gasteiger partial charge in [-0.15, -0.1) is 0 Å². The number of carbonyl (C=O) groups is 7. The number of hydrogen-bond acceptors (Lipinski definition) is 7. The fourth-order valence-corrected chi connectivity index (χ4v) is 3.94. The smallest absolute Gasteiger partial charge is 0.394 e. The van der Waals surface area contributed by atoms with Crippen molar-refractivity contribution in [1.82, 2.24) is 0 Å². The largest absolute Gasteiger partial charge is 0.474 e. The van der Waals surface area contributed by atoms with Gasteiger partial charge in [-0.1, -0.05) is 26.8 Å². The molecule has 14 nitrogen and oxygen atoms in total. The molecule has 0 radical (unpaired) electrons. The fraction of sp³-hybridized carbons (Fsp3) is 0.240. The lowest BCUT2D eigenvalue weighted by Gasteiger charge is -2.25. The lowest BCUT2D eigenvalue weighted by molar-refractivity contribution is -0.147. The molecule has 39 heavy (non-hydrogen) atoms. The van der Waals surface area contributed by atoms with Crippen molar-refractivity contribution in [2.75, 3.05) is 21.3 Å². The zero-order valence-corrected chi connectivity index (χ0v) is 21.1. The van der Waals surface area contributed by atoms with Gasteiger partial charge in [0.15, 0.2) is 0 Å². The van der Waals surface area contributed by atoms with Crippen molar-refractivity contribution in [3.63, 3.8) is 0 Å². The maximum Gasteiger partial charge on any atom is 0.394 e. The molecule has 0 saturated carbocycles. The van der Waals surface area contributed by atoms with E-state index in [1.54, 1.807) is 20.8 Å². The van der Waals surface area contributed by atoms with Crippen LogP contribution in [0.5, 0.6) is 0 Å². The van der Waals surface area contributed by atoms with Crippen LogP contribution < -0.4 is 21.3 Å². The predicted octanol–water partition coefficient (Wildman–Crippen LogP) is 1.70. The Kier molecular flexibility index (Phi) is 9.84. The molecule has 14 heteroatoms. The Labute approximate surface area is 221 Å². The van der Waals surface area contributed by atoms with Gasteiger partial charge in [0.1, 0.15) is 0 Å². The van der Waals surface area contributed by atoms with Gasteiger partial charge >= 0.3 is 35.6 Å². The van der Waals surface area contributed by atoms with Gasteiger partial charge < -0.3 is 36.6 Å². The van der Waals surface area contributed by atoms with Crippen LogP contribution in [0.1, 0.15) is 47.8 Å². The summed E-state index contributed by atoms with van der Waals surface area (Å²) in [6.45, 7) is 4.94. The maximum atomic E-state index is 13.6. The second-order valence-electron chi connectivity index (χ2n) is 7.93. The van der Waals surface area contributed by atoms with E-state index in [4.69, 9.17) is 15.3 Å². The molecule has 0 fully saturated rings. The molecule has 0 aliphatic carbocycles. The lowest BCUT2D eigenvalue weighted by Crippen LogP contribution is -2.28. The third-order valence-electron chi connectivity index (χ3n) is 5.54. The molecule has 2 rings (SSSR count). The molecular formula is C25H26N4O10. The average Bonchev–Trinajstić information content (AvgIpc) is 2.88. The van der Waals surface area contributed by atoms with Crippen molar-refractivity contribution in [3.05, 3.63) is 46.5 Å². The number of carbonyl (C=O) groups excluding carboxylic acids is 4. The van der Waals surface area contributed by atoms with E-state index < -0.39 is 41.5 Å². The zero-order chi connectivity index (χ0) is 29.4. The van der Waals surface area contributed by atoms with E-state index in [1.807, 2.05) is 0 Å². The van der Waals surface area contributed by atoms with Gasteiger partial charge in [-0.3, -0.25) is 19.2 Å². The summed E-state index contributed by atoms with van der Waals surface area (Å²) in [6.07, 6.45) is 0.372. The van der Waals surface area contributed by atoms with Gasteiger partial charge in [0.05, 0.1) is 16.9 Å². The van der Waals surface area contributed by atoms with Crippen LogP contribution in [0.25, 0.3) is 0 Å². The predicted molar refractivity (Wildman–Crippen MR) is 138 cm³/mol. The Morgan fingerprint density at radius 3 is 1.36 bits per heavy atom. The number of nitrogens with one attached hydrogen (secondary N) is 4. The Hall–Kier alpha value is -5.27. The summed E-state index contributed by atoms with van der Waals surface area (Å²) < 4.78 is 0. The maximum absolute atomic E-state index is 13.6. The van der Waals surface area contributed by atoms with Crippen LogP contribution >= 0.6 is 0 Å². The summed E-state index contributed by atoms with van der Waals surface area (Å²) in [6, 6.07) is 5.56. The molecule has 206 valence electrons. The molecule has 0 heterocycles. The van der Waals surface area contributed by atoms with E-state index in [1.165, 1.54) is 24.3 Å². The molecule has 0 spiro atoms. The van der Waals surface area contributed by atoms with Crippen LogP contribution in [0.15, 0.2) is 24.3 Å². The Balaban J connectivity index is 2.75. The van der Waals surface area contributed by atoms with E-state index in [0.717, 1.165) is 0 Å². The first-order valence-corrected chi connectivity index (χ1v) is 11.6. The molecule has 0 bridgehead atoms. The van der Waals surface area contributed by atoms with Crippen molar-refractivity contribution < 1.29 is 48.9 Å². The minimum atomic E-state index is -1.80. The van der Waals surface area contributed by atoms with Crippen molar-refractivity contribution in [2.45, 2.75) is 40.0 Å². The number of anilines is 4. The first-order valence-electron chi connectivity index (χ1n) is 11.6. The Bertz CT molecular complexity index is 1330. The molecule has 4 amide bonds. The number of hydrogen-bond donors (Lipinski definition) is 7. The summed E-state index contributed by atoms with van der Waals surface area (Å²) in [7, 11) is 0. The number of carboxylic acids is 3. The van der Waals surface area contributed by atoms with Crippen LogP contribution in [0.4, 0.5) is 22.7 Å². The zero-order valence-electron chi connectivity index (χ0n) is 21.1. The van der Waals surface area contributed by atoms with Gasteiger partial charge in [0, 0.05) is 11.4 Å². The van der Waals surface area contributed by atoms with E-state index in [0.29, 0.717) is 0 Å². The Morgan fingerprint density at radius 1 is 0.590 bits per heavy atom. The summed E-state index contributed by atoms with van der Waals surface area (Å²) >= 11 is 0. The van der Waals surface area contributed by atoms with Crippen LogP contribution in [-0.4, -0.2) is 56.9 Å². The summed E-state index contributed by atoms with van der Waals surface area (Å²) in [4.78, 5) is 82.7. The molecule has 2 aromatic rings. The first-order chi connectivity index (χ1) is 18.4. The normalized spacial score (nSPS) is 10.2. The average molecular weight is 543 g/mol. The van der Waals surface area contributed by atoms with Crippen molar-refractivity contribution >= 4 is 64.3 Å². The molecule has 2 aromatic carbocycles. The number of rotatable bonds is 8. The molecule has 0 aliphatic heterocycles. The molecule has 0 aliphatic rings. The van der Waals surface area contributed by atoms with Gasteiger partial charge in [-0.05, 0) is 54.2 Å². The topological polar surface area (TPSA) is 228 Å². The second kappa shape index (κ2) is 12.8. The summed E-state index contributed by atoms with van der Waals surface area (Å²) in [5.41, 5.74) is 0.743. The second-order valence-corrected chi connectivity index (χ2v) is 7.93. The summed E-state index contributed by atoms with van der Waals surface area (Å²) in [5.74, 6) is -10.2. The summed E-state index contributed by atoms with van der Waals surface area (Å²) in [5, 5.41) is 36.3. The fourth-order valence-electron chi connectivity index (χ4n) is 3.94. The minimum Gasteiger partial charge on any atom is -0.474 e. The number of carboxylic acid groups (broad SMARTS) is 3. The van der Waals surface area contributed by atoms with Crippen molar-refractivity contribution in [2.24, 2.45) is 0 Å². The highest BCUT2D eigenvalue weighted by atomic mass is 16.4. The molecule has 0 saturated heterocycles. The molecule has 0 unspecified atom stereocenters. The van der Waals surface area contributed by atoms with E-state index >= 15 is 0 Å². The third kappa shape index (κ3) is 6.94. The third-order valence-corrected chi connectivity index (χ3v) is 5.54. The first kappa shape index (κ1) is 30.0. The van der Waals surface area contributed by atoms with Gasteiger partial charge in [0.25, 0.3) is 5.91 Å². The quantitative estimate of drug-likeness (QED) is 0.239. The van der Waals surface area contributed by atoms with Crippen LogP contribution in [0.2, 0.25) is 0 Å². The van der Waals surface area contributed by atoms with Gasteiger partial charge in [0.2, 0.25) is 0 Å². The highest BCUT2D eigenvalue weighted by molar-refractivity contribution is 6.38. The van der Waals surface area contributed by atoms with Crippen molar-refractivity contribution in [3.8, 4) is 0 Å². The lowest BCUT2D eigenvalue weighted by atomic mass is 9.88. The van der Waals surface area contributed by atoms with Crippen molar-refractivity contribution in [1.29, 1.82) is 0 Å². The van der Waals surface area contributed by atoms with Gasteiger partial charge in [-0.2, -0.15) is 0 Å². The van der Waals surface area contributed by atoms with E-state index in [9.17, 15) is 33.6 Å². The van der Waals surface area contributed by atoms with E-state index in [2.05, 4.69) is 21.3 Å². The monoisotopic (exact) mass is 542 g/mol. The van der Waals surface area contributed by atoms with Crippen LogP contribution in [-0.2, 0) is 48.0 Å². The standard InChI is InChI=1S/C25H26N4O10/c1-4-13-16(19(30)26-11-8-7-9-12(10-11)27-20(31)23(34)35)14(5-2)18(29-22(33)25(38)39)15(6-3)17(13)28-21(32)24(36)37/h7-10H,4-6H2,1-3H3,(H,26,30)(H,27,31)(H,28,32)(H,29,33)(H,34,35)(H,36,37)(H,38,39). The SMILES string of the molecule is CCc1c(NC(=O)C(=O)O)c(CC)c(C(=O)Nc2cccc(NC(=O)C(=O)O)c2)c(CC)c1NC(=O)C(=O)O. The Morgan fingerprint density at radius 2 is 0.974 bits per heavy atom. The number of amides is 4. The molecule has 7 N–H and O–H groups in total. The van der Waals surface area contributed by atoms with Crippen LogP contribution in [0.3, 0.4) is 0 Å². The molecule has 0 aromatic heterocycles. The highest BCUT2D eigenvalue weighted by Crippen LogP contribution is 2.38. The number of aliphatic carboxylic acids is 3. The van der Waals surface area contributed by atoms with Gasteiger partial charge in [-0.25, -0.2) is 14.4 Å². The van der Waals surface area contributed by atoms with E-state index in [-0.39, 0.29) is 64.3 Å². The highest BCUT2D eigenvalue weighted by Gasteiger charge is 2.29. The molecule has 0 atom stereocenters. The van der Waals surface area contributed by atoms with Crippen LogP contribution in [0, 0.1) is 0 Å². The minimum absolute atomic E-state index is 0.0430. The number of benzene rings is 2.